The molecule has 6 heteroatoms. The van der Waals surface area contributed by atoms with Crippen LogP contribution < -0.4 is 0 Å². The van der Waals surface area contributed by atoms with Crippen molar-refractivity contribution in [1.29, 1.82) is 0 Å². The van der Waals surface area contributed by atoms with Crippen LogP contribution in [0.2, 0.25) is 0 Å². The van der Waals surface area contributed by atoms with E-state index in [1.54, 1.807) is 6.92 Å². The average molecular weight is 324 g/mol. The van der Waals surface area contributed by atoms with Crippen molar-refractivity contribution in [2.45, 2.75) is 63.9 Å². The minimum atomic E-state index is -1.11. The fourth-order valence-corrected chi connectivity index (χ4v) is 5.02. The number of hydrogen-bond donors (Lipinski definition) is 2. The Morgan fingerprint density at radius 1 is 1.43 bits per heavy atom. The van der Waals surface area contributed by atoms with Gasteiger partial charge in [-0.3, -0.25) is 4.79 Å². The van der Waals surface area contributed by atoms with Gasteiger partial charge < -0.3 is 19.7 Å². The minimum absolute atomic E-state index is 0.277. The SMILES string of the molecule is C=C1C(=O)O[C@H]2C[C@@]3(C)[C@H](O)CC[C@@](C)(O)[C@@H]3[C@@H](OC(C)=O)[C@H]12. The van der Waals surface area contributed by atoms with Crippen LogP contribution in [0.1, 0.15) is 40.0 Å². The quantitative estimate of drug-likeness (QED) is 0.551. The molecule has 0 aromatic heterocycles. The molecule has 1 aliphatic heterocycles. The van der Waals surface area contributed by atoms with Crippen LogP contribution in [0.5, 0.6) is 0 Å². The van der Waals surface area contributed by atoms with Crippen LogP contribution in [0.3, 0.4) is 0 Å². The zero-order valence-corrected chi connectivity index (χ0v) is 13.7. The summed E-state index contributed by atoms with van der Waals surface area (Å²) in [5.41, 5.74) is -1.53. The minimum Gasteiger partial charge on any atom is -0.461 e. The molecule has 0 aromatic rings. The number of aliphatic hydroxyl groups excluding tert-OH is 1. The Morgan fingerprint density at radius 3 is 2.70 bits per heavy atom. The highest BCUT2D eigenvalue weighted by molar-refractivity contribution is 5.91. The number of hydrogen-bond acceptors (Lipinski definition) is 6. The topological polar surface area (TPSA) is 93.1 Å². The molecule has 2 N–H and O–H groups in total. The van der Waals surface area contributed by atoms with Crippen LogP contribution >= 0.6 is 0 Å². The summed E-state index contributed by atoms with van der Waals surface area (Å²) in [5.74, 6) is -1.94. The summed E-state index contributed by atoms with van der Waals surface area (Å²) in [6, 6.07) is 0. The fraction of sp³-hybridized carbons (Fsp3) is 0.765. The van der Waals surface area contributed by atoms with Crippen LogP contribution in [0.15, 0.2) is 12.2 Å². The highest BCUT2D eigenvalue weighted by atomic mass is 16.6. The van der Waals surface area contributed by atoms with E-state index in [1.807, 2.05) is 6.92 Å². The highest BCUT2D eigenvalue weighted by Crippen LogP contribution is 2.59. The molecule has 2 aliphatic carbocycles. The van der Waals surface area contributed by atoms with Gasteiger partial charge in [-0.05, 0) is 26.2 Å². The first-order valence-electron chi connectivity index (χ1n) is 8.05. The first-order valence-corrected chi connectivity index (χ1v) is 8.05. The summed E-state index contributed by atoms with van der Waals surface area (Å²) < 4.78 is 10.9. The Bertz CT molecular complexity index is 567. The summed E-state index contributed by atoms with van der Waals surface area (Å²) in [4.78, 5) is 23.6. The predicted molar refractivity (Wildman–Crippen MR) is 80.1 cm³/mol. The second-order valence-electron chi connectivity index (χ2n) is 7.67. The molecule has 1 heterocycles. The number of aliphatic hydroxyl groups is 2. The Kier molecular flexibility index (Phi) is 3.61. The Hall–Kier alpha value is -1.40. The lowest BCUT2D eigenvalue weighted by atomic mass is 9.50. The molecule has 0 radical (unpaired) electrons. The Balaban J connectivity index is 2.10. The molecule has 1 saturated heterocycles. The molecule has 0 spiro atoms. The van der Waals surface area contributed by atoms with Crippen LogP contribution in [0.4, 0.5) is 0 Å². The predicted octanol–water partition coefficient (Wildman–Crippen LogP) is 0.948. The maximum atomic E-state index is 11.9. The van der Waals surface area contributed by atoms with E-state index in [2.05, 4.69) is 6.58 Å². The Morgan fingerprint density at radius 2 is 2.09 bits per heavy atom. The molecule has 2 saturated carbocycles. The lowest BCUT2D eigenvalue weighted by Crippen LogP contribution is -2.65. The van der Waals surface area contributed by atoms with Crippen molar-refractivity contribution < 1.29 is 29.3 Å². The standard InChI is InChI=1S/C17H24O6/c1-8-12-10(23-15(8)20)7-16(3)11(19)5-6-17(4,21)14(16)13(12)22-9(2)18/h10-14,19,21H,1,5-7H2,2-4H3/t10-,11+,12+,13-,14+,16-,17+/m0/s1. The van der Waals surface area contributed by atoms with E-state index >= 15 is 0 Å². The summed E-state index contributed by atoms with van der Waals surface area (Å²) in [7, 11) is 0. The molecule has 0 aromatic carbocycles. The van der Waals surface area contributed by atoms with Gasteiger partial charge in [-0.1, -0.05) is 13.5 Å². The van der Waals surface area contributed by atoms with Gasteiger partial charge in [0.25, 0.3) is 0 Å². The van der Waals surface area contributed by atoms with E-state index in [1.165, 1.54) is 6.92 Å². The first-order chi connectivity index (χ1) is 10.6. The number of ether oxygens (including phenoxy) is 2. The smallest absolute Gasteiger partial charge is 0.334 e. The van der Waals surface area contributed by atoms with Crippen LogP contribution in [-0.4, -0.2) is 46.1 Å². The van der Waals surface area contributed by atoms with Crippen molar-refractivity contribution in [2.75, 3.05) is 0 Å². The van der Waals surface area contributed by atoms with Crippen molar-refractivity contribution in [2.24, 2.45) is 17.3 Å². The maximum Gasteiger partial charge on any atom is 0.334 e. The molecule has 128 valence electrons. The van der Waals surface area contributed by atoms with Gasteiger partial charge in [0, 0.05) is 23.8 Å². The summed E-state index contributed by atoms with van der Waals surface area (Å²) in [5, 5.41) is 21.5. The van der Waals surface area contributed by atoms with Gasteiger partial charge in [0.15, 0.2) is 0 Å². The van der Waals surface area contributed by atoms with E-state index in [-0.39, 0.29) is 5.57 Å². The van der Waals surface area contributed by atoms with Gasteiger partial charge in [-0.15, -0.1) is 0 Å². The molecule has 0 unspecified atom stereocenters. The van der Waals surface area contributed by atoms with Gasteiger partial charge >= 0.3 is 11.9 Å². The Labute approximate surface area is 135 Å². The van der Waals surface area contributed by atoms with Crippen LogP contribution in [0, 0.1) is 17.3 Å². The van der Waals surface area contributed by atoms with Gasteiger partial charge in [0.05, 0.1) is 17.6 Å². The zero-order valence-electron chi connectivity index (χ0n) is 13.7. The van der Waals surface area contributed by atoms with E-state index in [9.17, 15) is 19.8 Å². The average Bonchev–Trinajstić information content (AvgIpc) is 2.68. The monoisotopic (exact) mass is 324 g/mol. The third-order valence-electron chi connectivity index (χ3n) is 6.01. The van der Waals surface area contributed by atoms with E-state index in [0.717, 1.165) is 0 Å². The number of rotatable bonds is 1. The first kappa shape index (κ1) is 16.5. The molecule has 7 atom stereocenters. The third kappa shape index (κ3) is 2.31. The maximum absolute atomic E-state index is 11.9. The summed E-state index contributed by atoms with van der Waals surface area (Å²) >= 11 is 0. The number of carbonyl (C=O) groups excluding carboxylic acids is 2. The van der Waals surface area contributed by atoms with Gasteiger partial charge in [-0.2, -0.15) is 0 Å². The van der Waals surface area contributed by atoms with Crippen molar-refractivity contribution in [3.05, 3.63) is 12.2 Å². The molecule has 3 aliphatic rings. The number of fused-ring (bicyclic) bond motifs is 2. The van der Waals surface area contributed by atoms with Crippen molar-refractivity contribution in [3.63, 3.8) is 0 Å². The number of carbonyl (C=O) groups is 2. The molecule has 3 rings (SSSR count). The van der Waals surface area contributed by atoms with Crippen molar-refractivity contribution in [1.82, 2.24) is 0 Å². The number of esters is 2. The van der Waals surface area contributed by atoms with Crippen molar-refractivity contribution in [3.8, 4) is 0 Å². The summed E-state index contributed by atoms with van der Waals surface area (Å²) in [6.07, 6.45) is -0.588. The summed E-state index contributed by atoms with van der Waals surface area (Å²) in [6.45, 7) is 8.68. The molecular formula is C17H24O6. The van der Waals surface area contributed by atoms with Gasteiger partial charge in [0.2, 0.25) is 0 Å². The lowest BCUT2D eigenvalue weighted by Gasteiger charge is -2.59. The fourth-order valence-electron chi connectivity index (χ4n) is 5.02. The normalized spacial score (nSPS) is 49.2. The van der Waals surface area contributed by atoms with E-state index in [4.69, 9.17) is 9.47 Å². The van der Waals surface area contributed by atoms with E-state index in [0.29, 0.717) is 19.3 Å². The second kappa shape index (κ2) is 5.05. The molecule has 0 bridgehead atoms. The zero-order chi connectivity index (χ0) is 17.2. The van der Waals surface area contributed by atoms with Gasteiger partial charge in [0.1, 0.15) is 12.2 Å². The molecule has 3 fully saturated rings. The van der Waals surface area contributed by atoms with E-state index < -0.39 is 53.1 Å². The van der Waals surface area contributed by atoms with Crippen LogP contribution in [-0.2, 0) is 19.1 Å². The second-order valence-corrected chi connectivity index (χ2v) is 7.67. The molecular weight excluding hydrogens is 300 g/mol. The van der Waals surface area contributed by atoms with Crippen LogP contribution in [0.25, 0.3) is 0 Å². The molecule has 23 heavy (non-hydrogen) atoms. The third-order valence-corrected chi connectivity index (χ3v) is 6.01. The van der Waals surface area contributed by atoms with Gasteiger partial charge in [-0.25, -0.2) is 4.79 Å². The largest absolute Gasteiger partial charge is 0.461 e. The van der Waals surface area contributed by atoms with Crippen molar-refractivity contribution >= 4 is 11.9 Å². The molecule has 6 nitrogen and oxygen atoms in total. The lowest BCUT2D eigenvalue weighted by molar-refractivity contribution is -0.235. The molecule has 0 amide bonds. The highest BCUT2D eigenvalue weighted by Gasteiger charge is 2.66.